The molecule has 0 fully saturated rings. The summed E-state index contributed by atoms with van der Waals surface area (Å²) in [4.78, 5) is 13.4. The van der Waals surface area contributed by atoms with Gasteiger partial charge in [0.05, 0.1) is 6.04 Å². The topological polar surface area (TPSA) is 71.8 Å². The van der Waals surface area contributed by atoms with Crippen molar-refractivity contribution in [3.8, 4) is 11.4 Å². The summed E-state index contributed by atoms with van der Waals surface area (Å²) in [6.45, 7) is 3.98. The van der Waals surface area contributed by atoms with Crippen LogP contribution in [0.15, 0.2) is 78.0 Å². The Hall–Kier alpha value is -3.65. The Kier molecular flexibility index (Phi) is 5.60. The van der Waals surface area contributed by atoms with Crippen molar-refractivity contribution in [1.29, 1.82) is 0 Å². The maximum absolute atomic E-state index is 13.6. The lowest BCUT2D eigenvalue weighted by Gasteiger charge is -2.33. The molecular formula is C25H22FN5OS. The maximum atomic E-state index is 13.6. The van der Waals surface area contributed by atoms with Crippen LogP contribution in [0.3, 0.4) is 0 Å². The van der Waals surface area contributed by atoms with Crippen LogP contribution < -0.4 is 10.7 Å². The molecule has 0 saturated carbocycles. The van der Waals surface area contributed by atoms with Crippen LogP contribution in [0.1, 0.15) is 22.7 Å². The van der Waals surface area contributed by atoms with E-state index in [-0.39, 0.29) is 11.7 Å². The number of nitrogens with zero attached hydrogens (tertiary/aromatic N) is 3. The summed E-state index contributed by atoms with van der Waals surface area (Å²) in [6, 6.07) is 21.4. The van der Waals surface area contributed by atoms with E-state index in [9.17, 15) is 9.18 Å². The molecule has 33 heavy (non-hydrogen) atoms. The highest BCUT2D eigenvalue weighted by atomic mass is 32.2. The molecule has 5 rings (SSSR count). The van der Waals surface area contributed by atoms with Crippen LogP contribution in [-0.4, -0.2) is 26.0 Å². The third-order valence-electron chi connectivity index (χ3n) is 5.60. The molecule has 0 unspecified atom stereocenters. The van der Waals surface area contributed by atoms with E-state index >= 15 is 0 Å². The summed E-state index contributed by atoms with van der Waals surface area (Å²) < 4.78 is 15.4. The van der Waals surface area contributed by atoms with Crippen LogP contribution in [0, 0.1) is 19.7 Å². The zero-order valence-electron chi connectivity index (χ0n) is 18.1. The number of amides is 1. The van der Waals surface area contributed by atoms with Crippen molar-refractivity contribution in [3.63, 3.8) is 0 Å². The van der Waals surface area contributed by atoms with E-state index in [0.29, 0.717) is 11.0 Å². The zero-order chi connectivity index (χ0) is 22.9. The van der Waals surface area contributed by atoms with E-state index in [1.165, 1.54) is 23.9 Å². The number of hydrogen-bond donors (Lipinski definition) is 2. The van der Waals surface area contributed by atoms with E-state index in [1.54, 1.807) is 16.8 Å². The van der Waals surface area contributed by atoms with Crippen LogP contribution in [0.4, 0.5) is 10.1 Å². The Morgan fingerprint density at radius 3 is 2.52 bits per heavy atom. The summed E-state index contributed by atoms with van der Waals surface area (Å²) in [5.74, 6) is 0.163. The van der Waals surface area contributed by atoms with Crippen molar-refractivity contribution < 1.29 is 9.18 Å². The Labute approximate surface area is 195 Å². The summed E-state index contributed by atoms with van der Waals surface area (Å²) in [6.07, 6.45) is 0. The van der Waals surface area contributed by atoms with Gasteiger partial charge in [-0.1, -0.05) is 71.9 Å². The van der Waals surface area contributed by atoms with Gasteiger partial charge in [-0.15, -0.1) is 10.2 Å². The van der Waals surface area contributed by atoms with Gasteiger partial charge in [0.1, 0.15) is 11.1 Å². The van der Waals surface area contributed by atoms with Crippen LogP contribution >= 0.6 is 11.8 Å². The van der Waals surface area contributed by atoms with E-state index in [2.05, 4.69) is 20.9 Å². The molecular weight excluding hydrogens is 437 g/mol. The molecule has 3 aromatic carbocycles. The largest absolute Gasteiger partial charge is 0.325 e. The summed E-state index contributed by atoms with van der Waals surface area (Å²) >= 11 is 1.34. The maximum Gasteiger partial charge on any atom is 0.240 e. The highest BCUT2D eigenvalue weighted by molar-refractivity contribution is 8.00. The first-order valence-electron chi connectivity index (χ1n) is 10.6. The van der Waals surface area contributed by atoms with Crippen molar-refractivity contribution in [3.05, 3.63) is 95.3 Å². The van der Waals surface area contributed by atoms with Crippen molar-refractivity contribution in [2.75, 3.05) is 10.7 Å². The molecule has 2 heterocycles. The minimum Gasteiger partial charge on any atom is -0.325 e. The molecule has 4 aromatic rings. The van der Waals surface area contributed by atoms with Crippen LogP contribution in [0.25, 0.3) is 11.4 Å². The molecule has 1 aliphatic heterocycles. The molecule has 0 aliphatic carbocycles. The predicted octanol–water partition coefficient (Wildman–Crippen LogP) is 5.10. The first-order chi connectivity index (χ1) is 16.0. The Morgan fingerprint density at radius 2 is 1.79 bits per heavy atom. The Balaban J connectivity index is 1.51. The van der Waals surface area contributed by atoms with Gasteiger partial charge in [0.25, 0.3) is 0 Å². The fraction of sp³-hybridized carbons (Fsp3) is 0.160. The average molecular weight is 460 g/mol. The molecule has 2 atom stereocenters. The molecule has 0 saturated heterocycles. The lowest BCUT2D eigenvalue weighted by molar-refractivity contribution is -0.116. The SMILES string of the molecule is Cc1ccc(NC(=O)[C@H]2Sc3nnc(-c4ccccc4)n3N[C@@H]2c2ccc(F)cc2)c(C)c1. The minimum atomic E-state index is -0.545. The van der Waals surface area contributed by atoms with Crippen LogP contribution in [-0.2, 0) is 4.79 Å². The monoisotopic (exact) mass is 459 g/mol. The quantitative estimate of drug-likeness (QED) is 0.444. The number of aromatic nitrogens is 3. The first-order valence-corrected chi connectivity index (χ1v) is 11.5. The number of anilines is 1. The average Bonchev–Trinajstić information content (AvgIpc) is 3.24. The number of carbonyl (C=O) groups is 1. The van der Waals surface area contributed by atoms with Gasteiger partial charge in [0.2, 0.25) is 11.1 Å². The molecule has 6 nitrogen and oxygen atoms in total. The minimum absolute atomic E-state index is 0.163. The molecule has 8 heteroatoms. The second-order valence-electron chi connectivity index (χ2n) is 8.01. The molecule has 0 bridgehead atoms. The third-order valence-corrected chi connectivity index (χ3v) is 6.81. The number of halogens is 1. The lowest BCUT2D eigenvalue weighted by atomic mass is 10.0. The fourth-order valence-corrected chi connectivity index (χ4v) is 4.99. The molecule has 1 amide bonds. The van der Waals surface area contributed by atoms with E-state index in [1.807, 2.05) is 62.4 Å². The number of fused-ring (bicyclic) bond motifs is 1. The fourth-order valence-electron chi connectivity index (χ4n) is 3.91. The summed E-state index contributed by atoms with van der Waals surface area (Å²) in [5.41, 5.74) is 7.99. The number of thioether (sulfide) groups is 1. The van der Waals surface area contributed by atoms with Gasteiger partial charge in [0.15, 0.2) is 5.82 Å². The Bertz CT molecular complexity index is 1310. The van der Waals surface area contributed by atoms with Crippen molar-refractivity contribution in [2.45, 2.75) is 30.3 Å². The standard InChI is InChI=1S/C25H22FN5OS/c1-15-8-13-20(16(2)14-15)27-24(32)22-21(17-9-11-19(26)12-10-17)30-31-23(28-29-25(31)33-22)18-6-4-3-5-7-18/h3-14,21-22,30H,1-2H3,(H,27,32)/t21-,22+/m1/s1. The first kappa shape index (κ1) is 21.2. The number of hydrogen-bond acceptors (Lipinski definition) is 5. The highest BCUT2D eigenvalue weighted by Gasteiger charge is 2.38. The van der Waals surface area contributed by atoms with Crippen molar-refractivity contribution >= 4 is 23.4 Å². The van der Waals surface area contributed by atoms with Crippen LogP contribution in [0.5, 0.6) is 0 Å². The molecule has 0 radical (unpaired) electrons. The number of benzene rings is 3. The van der Waals surface area contributed by atoms with Gasteiger partial charge in [-0.05, 0) is 43.2 Å². The number of nitrogens with one attached hydrogen (secondary N) is 2. The second kappa shape index (κ2) is 8.71. The molecule has 0 spiro atoms. The van der Waals surface area contributed by atoms with Gasteiger partial charge in [0, 0.05) is 11.3 Å². The van der Waals surface area contributed by atoms with E-state index < -0.39 is 11.3 Å². The van der Waals surface area contributed by atoms with E-state index in [0.717, 1.165) is 27.9 Å². The highest BCUT2D eigenvalue weighted by Crippen LogP contribution is 2.39. The van der Waals surface area contributed by atoms with Gasteiger partial charge in [-0.25, -0.2) is 9.07 Å². The van der Waals surface area contributed by atoms with Gasteiger partial charge in [-0.2, -0.15) is 0 Å². The van der Waals surface area contributed by atoms with Crippen LogP contribution in [0.2, 0.25) is 0 Å². The molecule has 1 aliphatic rings. The van der Waals surface area contributed by atoms with Crippen molar-refractivity contribution in [1.82, 2.24) is 14.9 Å². The smallest absolute Gasteiger partial charge is 0.240 e. The van der Waals surface area contributed by atoms with Gasteiger partial charge in [-0.3, -0.25) is 4.79 Å². The summed E-state index contributed by atoms with van der Waals surface area (Å²) in [5, 5.41) is 11.8. The molecule has 2 N–H and O–H groups in total. The predicted molar refractivity (Wildman–Crippen MR) is 128 cm³/mol. The normalized spacial score (nSPS) is 17.2. The number of aryl methyl sites for hydroxylation is 2. The van der Waals surface area contributed by atoms with Gasteiger partial charge >= 0.3 is 0 Å². The zero-order valence-corrected chi connectivity index (χ0v) is 18.9. The van der Waals surface area contributed by atoms with Gasteiger partial charge < -0.3 is 10.7 Å². The second-order valence-corrected chi connectivity index (χ2v) is 9.12. The number of carbonyl (C=O) groups excluding carboxylic acids is 1. The lowest BCUT2D eigenvalue weighted by Crippen LogP contribution is -2.41. The molecule has 166 valence electrons. The third kappa shape index (κ3) is 4.21. The molecule has 1 aromatic heterocycles. The number of rotatable bonds is 4. The van der Waals surface area contributed by atoms with E-state index in [4.69, 9.17) is 0 Å². The Morgan fingerprint density at radius 1 is 1.03 bits per heavy atom. The van der Waals surface area contributed by atoms with Crippen molar-refractivity contribution in [2.24, 2.45) is 0 Å². The summed E-state index contributed by atoms with van der Waals surface area (Å²) in [7, 11) is 0.